The predicted molar refractivity (Wildman–Crippen MR) is 126 cm³/mol. The summed E-state index contributed by atoms with van der Waals surface area (Å²) in [4.78, 5) is 23.7. The monoisotopic (exact) mass is 628 g/mol. The Morgan fingerprint density at radius 3 is 1.95 bits per heavy atom. The molecule has 0 saturated carbocycles. The first-order valence-electron chi connectivity index (χ1n) is 10.5. The van der Waals surface area contributed by atoms with Crippen molar-refractivity contribution in [2.75, 3.05) is 0 Å². The van der Waals surface area contributed by atoms with E-state index in [0.717, 1.165) is 31.2 Å². The van der Waals surface area contributed by atoms with Gasteiger partial charge in [-0.1, -0.05) is 53.0 Å². The summed E-state index contributed by atoms with van der Waals surface area (Å²) in [6.45, 7) is 1.02. The number of alkyl halides is 9. The summed E-state index contributed by atoms with van der Waals surface area (Å²) in [5.41, 5.74) is -3.34. The van der Waals surface area contributed by atoms with Crippen LogP contribution in [0.5, 0.6) is 0 Å². The lowest BCUT2D eigenvalue weighted by atomic mass is 9.96. The number of nitrogens with one attached hydrogen (secondary N) is 2. The van der Waals surface area contributed by atoms with Gasteiger partial charge in [0, 0.05) is 0 Å². The summed E-state index contributed by atoms with van der Waals surface area (Å²) in [5, 5.41) is 2.93. The van der Waals surface area contributed by atoms with E-state index < -0.39 is 65.5 Å². The molecule has 0 aliphatic carbocycles. The molecule has 2 amide bonds. The number of carbonyl (C=O) groups is 2. The lowest BCUT2D eigenvalue weighted by Crippen LogP contribution is -2.47. The molecule has 2 aromatic rings. The molecular weight excluding hydrogens is 614 g/mol. The molecule has 0 aromatic heterocycles. The molecule has 0 aliphatic rings. The Morgan fingerprint density at radius 1 is 0.897 bits per heavy atom. The van der Waals surface area contributed by atoms with Gasteiger partial charge in [0.2, 0.25) is 5.91 Å². The predicted octanol–water partition coefficient (Wildman–Crippen LogP) is 8.17. The third-order valence-electron chi connectivity index (χ3n) is 4.88. The molecule has 4 nitrogen and oxygen atoms in total. The van der Waals surface area contributed by atoms with Crippen LogP contribution in [0.1, 0.15) is 46.3 Å². The minimum absolute atomic E-state index is 0.190. The van der Waals surface area contributed by atoms with Crippen molar-refractivity contribution in [1.29, 1.82) is 0 Å². The van der Waals surface area contributed by atoms with E-state index in [-0.39, 0.29) is 20.6 Å². The van der Waals surface area contributed by atoms with Gasteiger partial charge in [-0.25, -0.2) is 0 Å². The van der Waals surface area contributed by atoms with Crippen LogP contribution in [0.25, 0.3) is 6.08 Å². The van der Waals surface area contributed by atoms with Gasteiger partial charge >= 0.3 is 18.5 Å². The van der Waals surface area contributed by atoms with Crippen LogP contribution >= 0.6 is 34.8 Å². The van der Waals surface area contributed by atoms with Crippen molar-refractivity contribution in [2.24, 2.45) is 0 Å². The largest absolute Gasteiger partial charge is 0.417 e. The Bertz CT molecular complexity index is 1240. The Hall–Kier alpha value is -2.64. The highest BCUT2D eigenvalue weighted by Crippen LogP contribution is 2.41. The van der Waals surface area contributed by atoms with Gasteiger partial charge in [-0.3, -0.25) is 9.59 Å². The fourth-order valence-corrected chi connectivity index (χ4v) is 3.87. The summed E-state index contributed by atoms with van der Waals surface area (Å²) < 4.78 is 119. The van der Waals surface area contributed by atoms with E-state index in [4.69, 9.17) is 34.8 Å². The van der Waals surface area contributed by atoms with Gasteiger partial charge in [0.05, 0.1) is 38.3 Å². The third-order valence-corrected chi connectivity index (χ3v) is 6.08. The van der Waals surface area contributed by atoms with Crippen LogP contribution in [0.3, 0.4) is 0 Å². The maximum atomic E-state index is 13.7. The molecule has 0 fully saturated rings. The summed E-state index contributed by atoms with van der Waals surface area (Å²) in [7, 11) is 0. The Labute approximate surface area is 230 Å². The highest BCUT2D eigenvalue weighted by atomic mass is 35.5. The van der Waals surface area contributed by atoms with E-state index in [2.05, 4.69) is 0 Å². The van der Waals surface area contributed by atoms with Crippen molar-refractivity contribution < 1.29 is 49.1 Å². The third kappa shape index (κ3) is 9.50. The lowest BCUT2D eigenvalue weighted by Gasteiger charge is -2.19. The van der Waals surface area contributed by atoms with Crippen molar-refractivity contribution in [1.82, 2.24) is 10.6 Å². The number of hydrogen-bond donors (Lipinski definition) is 2. The lowest BCUT2D eigenvalue weighted by molar-refractivity contribution is -0.154. The fourth-order valence-electron chi connectivity index (χ4n) is 3.25. The average molecular weight is 630 g/mol. The second-order valence-electron chi connectivity index (χ2n) is 8.03. The van der Waals surface area contributed by atoms with Crippen LogP contribution in [0.15, 0.2) is 36.4 Å². The zero-order chi connectivity index (χ0) is 29.9. The maximum Gasteiger partial charge on any atom is 0.417 e. The molecule has 2 atom stereocenters. The highest BCUT2D eigenvalue weighted by molar-refractivity contribution is 6.48. The number of rotatable bonds is 7. The van der Waals surface area contributed by atoms with E-state index in [9.17, 15) is 49.1 Å². The topological polar surface area (TPSA) is 58.2 Å². The molecule has 16 heteroatoms. The molecule has 0 aliphatic heterocycles. The summed E-state index contributed by atoms with van der Waals surface area (Å²) in [5.74, 6) is -5.28. The van der Waals surface area contributed by atoms with E-state index >= 15 is 0 Å². The van der Waals surface area contributed by atoms with E-state index in [1.807, 2.05) is 5.32 Å². The van der Waals surface area contributed by atoms with Crippen molar-refractivity contribution >= 4 is 52.7 Å². The first-order chi connectivity index (χ1) is 17.7. The van der Waals surface area contributed by atoms with Gasteiger partial charge in [0.25, 0.3) is 5.91 Å². The second-order valence-corrected chi connectivity index (χ2v) is 9.23. The van der Waals surface area contributed by atoms with Crippen LogP contribution < -0.4 is 10.6 Å². The molecule has 0 radical (unpaired) electrons. The first-order valence-corrected chi connectivity index (χ1v) is 11.6. The average Bonchev–Trinajstić information content (AvgIpc) is 2.74. The van der Waals surface area contributed by atoms with Crippen LogP contribution in [-0.2, 0) is 11.0 Å². The highest BCUT2D eigenvalue weighted by Gasteiger charge is 2.40. The molecule has 0 saturated heterocycles. The summed E-state index contributed by atoms with van der Waals surface area (Å²) in [6, 6.07) is 3.81. The smallest absolute Gasteiger partial charge is 0.336 e. The van der Waals surface area contributed by atoms with E-state index in [1.54, 1.807) is 5.32 Å². The molecule has 2 aromatic carbocycles. The fraction of sp³-hybridized carbons (Fsp3) is 0.304. The zero-order valence-corrected chi connectivity index (χ0v) is 21.5. The number of amides is 2. The number of halogens is 12. The number of carbonyl (C=O) groups excluding carboxylic acids is 2. The Kier molecular flexibility index (Phi) is 10.2. The van der Waals surface area contributed by atoms with E-state index in [0.29, 0.717) is 18.2 Å². The number of hydrogen-bond acceptors (Lipinski definition) is 2. The zero-order valence-electron chi connectivity index (χ0n) is 19.3. The summed E-state index contributed by atoms with van der Waals surface area (Å²) in [6.07, 6.45) is -17.0. The van der Waals surface area contributed by atoms with Gasteiger partial charge in [0.15, 0.2) is 0 Å². The molecule has 1 unspecified atom stereocenters. The van der Waals surface area contributed by atoms with Crippen molar-refractivity contribution in [3.63, 3.8) is 0 Å². The second kappa shape index (κ2) is 12.3. The minimum atomic E-state index is -5.15. The molecule has 2 N–H and O–H groups in total. The Morgan fingerprint density at radius 2 is 1.46 bits per heavy atom. The maximum absolute atomic E-state index is 13.7. The number of benzene rings is 2. The Balaban J connectivity index is 2.36. The molecule has 214 valence electrons. The first kappa shape index (κ1) is 32.6. The van der Waals surface area contributed by atoms with Crippen molar-refractivity contribution in [2.45, 2.75) is 44.0 Å². The molecule has 0 heterocycles. The molecule has 0 bridgehead atoms. The minimum Gasteiger partial charge on any atom is -0.336 e. The SMILES string of the molecule is C[C@H](NC(=O)CC(F)(F)F)NC(=O)c1ccc(/C=C/C(c2cc(Cl)c(Cl)c(Cl)c2)C(F)(F)F)cc1C(F)(F)F. The van der Waals surface area contributed by atoms with E-state index in [1.165, 1.54) is 0 Å². The standard InChI is InChI=1S/C23H16Cl3F9N2O2/c1-10(36-18(38)9-21(27,28)29)37-20(39)13-4-2-11(6-15(13)23(33,34)35)3-5-14(22(30,31)32)12-7-16(24)19(26)17(25)8-12/h2-8,10,14H,9H2,1H3,(H,36,38)(H,37,39)/b5-3+/t10-,14?/m1/s1. The van der Waals surface area contributed by atoms with Crippen LogP contribution in [0, 0.1) is 0 Å². The van der Waals surface area contributed by atoms with Gasteiger partial charge in [0.1, 0.15) is 6.42 Å². The van der Waals surface area contributed by atoms with Crippen LogP contribution in [0.2, 0.25) is 15.1 Å². The van der Waals surface area contributed by atoms with Gasteiger partial charge < -0.3 is 10.6 Å². The normalized spacial score (nSPS) is 14.3. The van der Waals surface area contributed by atoms with Crippen LogP contribution in [0.4, 0.5) is 39.5 Å². The number of allylic oxidation sites excluding steroid dienone is 1. The van der Waals surface area contributed by atoms with Crippen LogP contribution in [-0.4, -0.2) is 30.3 Å². The summed E-state index contributed by atoms with van der Waals surface area (Å²) >= 11 is 17.3. The molecule has 2 rings (SSSR count). The van der Waals surface area contributed by atoms with Crippen molar-refractivity contribution in [3.8, 4) is 0 Å². The van der Waals surface area contributed by atoms with Gasteiger partial charge in [-0.05, 0) is 42.3 Å². The van der Waals surface area contributed by atoms with Gasteiger partial charge in [-0.15, -0.1) is 0 Å². The molecule has 0 spiro atoms. The molecular formula is C23H16Cl3F9N2O2. The quantitative estimate of drug-likeness (QED) is 0.185. The van der Waals surface area contributed by atoms with Crippen molar-refractivity contribution in [3.05, 3.63) is 73.7 Å². The van der Waals surface area contributed by atoms with Gasteiger partial charge in [-0.2, -0.15) is 39.5 Å². The molecule has 39 heavy (non-hydrogen) atoms.